The number of hydrogen-bond donors (Lipinski definition) is 0. The molecule has 3 heterocycles. The SMILES string of the molecule is CC(C)N(C(=O)Cn1nc(-c2cccs2)n(-c2cccnc2)c1=O)C(C)C. The van der Waals surface area contributed by atoms with E-state index in [9.17, 15) is 9.59 Å². The van der Waals surface area contributed by atoms with E-state index in [0.29, 0.717) is 11.5 Å². The van der Waals surface area contributed by atoms with Crippen molar-refractivity contribution in [2.24, 2.45) is 0 Å². The molecule has 0 saturated carbocycles. The summed E-state index contributed by atoms with van der Waals surface area (Å²) in [6.07, 6.45) is 3.26. The van der Waals surface area contributed by atoms with Crippen LogP contribution in [0.5, 0.6) is 0 Å². The van der Waals surface area contributed by atoms with E-state index in [0.717, 1.165) is 4.88 Å². The third-order valence-corrected chi connectivity index (χ3v) is 5.04. The fourth-order valence-corrected chi connectivity index (χ4v) is 3.88. The van der Waals surface area contributed by atoms with Gasteiger partial charge in [-0.25, -0.2) is 14.0 Å². The van der Waals surface area contributed by atoms with Gasteiger partial charge in [0.25, 0.3) is 0 Å². The van der Waals surface area contributed by atoms with E-state index in [-0.39, 0.29) is 30.2 Å². The number of amides is 1. The minimum absolute atomic E-state index is 0.0466. The third kappa shape index (κ3) is 3.85. The highest BCUT2D eigenvalue weighted by Gasteiger charge is 2.24. The number of aromatic nitrogens is 4. The lowest BCUT2D eigenvalue weighted by Gasteiger charge is -2.30. The molecule has 0 bridgehead atoms. The van der Waals surface area contributed by atoms with Crippen LogP contribution in [0.2, 0.25) is 0 Å². The topological polar surface area (TPSA) is 73.0 Å². The van der Waals surface area contributed by atoms with Crippen LogP contribution < -0.4 is 5.69 Å². The molecule has 0 fully saturated rings. The van der Waals surface area contributed by atoms with E-state index >= 15 is 0 Å². The van der Waals surface area contributed by atoms with Crippen molar-refractivity contribution >= 4 is 17.2 Å². The predicted octanol–water partition coefficient (Wildman–Crippen LogP) is 2.80. The van der Waals surface area contributed by atoms with Gasteiger partial charge in [0, 0.05) is 18.3 Å². The smallest absolute Gasteiger partial charge is 0.336 e. The lowest BCUT2D eigenvalue weighted by Crippen LogP contribution is -2.45. The van der Waals surface area contributed by atoms with Crippen LogP contribution in [0.25, 0.3) is 16.4 Å². The van der Waals surface area contributed by atoms with E-state index in [2.05, 4.69) is 10.1 Å². The number of hydrogen-bond acceptors (Lipinski definition) is 5. The molecule has 27 heavy (non-hydrogen) atoms. The molecule has 3 aromatic heterocycles. The van der Waals surface area contributed by atoms with Gasteiger partial charge in [-0.1, -0.05) is 6.07 Å². The molecule has 0 N–H and O–H groups in total. The molecule has 0 radical (unpaired) electrons. The number of carbonyl (C=O) groups is 1. The maximum Gasteiger partial charge on any atom is 0.351 e. The van der Waals surface area contributed by atoms with Gasteiger partial charge in [0.1, 0.15) is 6.54 Å². The molecule has 0 aromatic carbocycles. The molecule has 7 nitrogen and oxygen atoms in total. The lowest BCUT2D eigenvalue weighted by molar-refractivity contribution is -0.135. The Morgan fingerprint density at radius 1 is 1.19 bits per heavy atom. The molecular formula is C19H23N5O2S. The first-order valence-electron chi connectivity index (χ1n) is 8.85. The highest BCUT2D eigenvalue weighted by Crippen LogP contribution is 2.23. The fourth-order valence-electron chi connectivity index (χ4n) is 3.18. The summed E-state index contributed by atoms with van der Waals surface area (Å²) >= 11 is 1.49. The Bertz CT molecular complexity index is 950. The molecule has 0 aliphatic carbocycles. The van der Waals surface area contributed by atoms with Crippen molar-refractivity contribution < 1.29 is 4.79 Å². The van der Waals surface area contributed by atoms with E-state index in [1.807, 2.05) is 45.2 Å². The van der Waals surface area contributed by atoms with E-state index in [1.165, 1.54) is 20.6 Å². The van der Waals surface area contributed by atoms with Crippen LogP contribution in [0.15, 0.2) is 46.8 Å². The zero-order chi connectivity index (χ0) is 19.6. The first-order valence-corrected chi connectivity index (χ1v) is 9.73. The third-order valence-electron chi connectivity index (χ3n) is 4.17. The Morgan fingerprint density at radius 2 is 1.93 bits per heavy atom. The standard InChI is InChI=1S/C19H23N5O2S/c1-13(2)23(14(3)4)17(25)12-22-19(26)24(15-7-5-9-20-11-15)18(21-22)16-8-6-10-27-16/h5-11,13-14H,12H2,1-4H3. The van der Waals surface area contributed by atoms with Gasteiger partial charge in [-0.05, 0) is 51.3 Å². The molecule has 0 aliphatic rings. The summed E-state index contributed by atoms with van der Waals surface area (Å²) in [5, 5.41) is 6.40. The van der Waals surface area contributed by atoms with Crippen molar-refractivity contribution in [1.29, 1.82) is 0 Å². The van der Waals surface area contributed by atoms with Crippen molar-refractivity contribution in [3.63, 3.8) is 0 Å². The summed E-state index contributed by atoms with van der Waals surface area (Å²) in [7, 11) is 0. The van der Waals surface area contributed by atoms with Gasteiger partial charge in [-0.3, -0.25) is 9.78 Å². The molecule has 8 heteroatoms. The quantitative estimate of drug-likeness (QED) is 0.654. The van der Waals surface area contributed by atoms with Crippen molar-refractivity contribution in [3.8, 4) is 16.4 Å². The predicted molar refractivity (Wildman–Crippen MR) is 106 cm³/mol. The van der Waals surface area contributed by atoms with Crippen LogP contribution in [0.3, 0.4) is 0 Å². The van der Waals surface area contributed by atoms with E-state index in [4.69, 9.17) is 0 Å². The van der Waals surface area contributed by atoms with Gasteiger partial charge < -0.3 is 4.90 Å². The molecule has 3 aromatic rings. The molecule has 3 rings (SSSR count). The second-order valence-electron chi connectivity index (χ2n) is 6.78. The first-order chi connectivity index (χ1) is 12.9. The molecule has 1 amide bonds. The van der Waals surface area contributed by atoms with Gasteiger partial charge in [0.2, 0.25) is 5.91 Å². The summed E-state index contributed by atoms with van der Waals surface area (Å²) < 4.78 is 2.74. The summed E-state index contributed by atoms with van der Waals surface area (Å²) in [5.74, 6) is 0.382. The second-order valence-corrected chi connectivity index (χ2v) is 7.72. The molecule has 0 aliphatic heterocycles. The van der Waals surface area contributed by atoms with Crippen LogP contribution in [-0.4, -0.2) is 42.2 Å². The highest BCUT2D eigenvalue weighted by molar-refractivity contribution is 7.13. The first kappa shape index (κ1) is 19.0. The number of pyridine rings is 1. The zero-order valence-corrected chi connectivity index (χ0v) is 16.7. The van der Waals surface area contributed by atoms with Crippen LogP contribution in [0.1, 0.15) is 27.7 Å². The summed E-state index contributed by atoms with van der Waals surface area (Å²) in [5.41, 5.74) is 0.265. The van der Waals surface area contributed by atoms with Crippen LogP contribution in [-0.2, 0) is 11.3 Å². The van der Waals surface area contributed by atoms with Crippen molar-refractivity contribution in [2.45, 2.75) is 46.3 Å². The van der Waals surface area contributed by atoms with Crippen molar-refractivity contribution in [1.82, 2.24) is 24.2 Å². The molecular weight excluding hydrogens is 362 g/mol. The number of nitrogens with zero attached hydrogens (tertiary/aromatic N) is 5. The maximum absolute atomic E-state index is 13.1. The van der Waals surface area contributed by atoms with Gasteiger partial charge in [0.15, 0.2) is 5.82 Å². The Morgan fingerprint density at radius 3 is 2.48 bits per heavy atom. The Labute approximate surface area is 161 Å². The highest BCUT2D eigenvalue weighted by atomic mass is 32.1. The normalized spacial score (nSPS) is 11.3. The van der Waals surface area contributed by atoms with Gasteiger partial charge >= 0.3 is 5.69 Å². The Balaban J connectivity index is 2.05. The van der Waals surface area contributed by atoms with Gasteiger partial charge in [-0.2, -0.15) is 0 Å². The second kappa shape index (κ2) is 7.87. The molecule has 142 valence electrons. The van der Waals surface area contributed by atoms with Gasteiger partial charge in [0.05, 0.1) is 16.8 Å². The zero-order valence-electron chi connectivity index (χ0n) is 15.9. The fraction of sp³-hybridized carbons (Fsp3) is 0.368. The average Bonchev–Trinajstić information content (AvgIpc) is 3.24. The van der Waals surface area contributed by atoms with Gasteiger partial charge in [-0.15, -0.1) is 16.4 Å². The minimum Gasteiger partial charge on any atom is -0.336 e. The van der Waals surface area contributed by atoms with Crippen molar-refractivity contribution in [2.75, 3.05) is 0 Å². The Hall–Kier alpha value is -2.74. The lowest BCUT2D eigenvalue weighted by atomic mass is 10.2. The molecule has 0 spiro atoms. The minimum atomic E-state index is -0.354. The van der Waals surface area contributed by atoms with Crippen LogP contribution in [0, 0.1) is 0 Å². The maximum atomic E-state index is 13.1. The number of rotatable bonds is 6. The largest absolute Gasteiger partial charge is 0.351 e. The summed E-state index contributed by atoms with van der Waals surface area (Å²) in [4.78, 5) is 32.6. The van der Waals surface area contributed by atoms with E-state index < -0.39 is 0 Å². The monoisotopic (exact) mass is 385 g/mol. The van der Waals surface area contributed by atoms with Crippen LogP contribution in [0.4, 0.5) is 0 Å². The summed E-state index contributed by atoms with van der Waals surface area (Å²) in [6, 6.07) is 7.47. The number of thiophene rings is 1. The van der Waals surface area contributed by atoms with Crippen LogP contribution >= 0.6 is 11.3 Å². The summed E-state index contributed by atoms with van der Waals surface area (Å²) in [6.45, 7) is 7.76. The van der Waals surface area contributed by atoms with Crippen molar-refractivity contribution in [3.05, 3.63) is 52.5 Å². The molecule has 0 unspecified atom stereocenters. The number of carbonyl (C=O) groups excluding carboxylic acids is 1. The Kier molecular flexibility index (Phi) is 5.55. The molecule has 0 saturated heterocycles. The molecule has 0 atom stereocenters. The average molecular weight is 385 g/mol. The van der Waals surface area contributed by atoms with E-state index in [1.54, 1.807) is 29.4 Å².